The van der Waals surface area contributed by atoms with Crippen molar-refractivity contribution in [1.29, 1.82) is 0 Å². The number of nitrogens with zero attached hydrogens (tertiary/aromatic N) is 4. The van der Waals surface area contributed by atoms with Gasteiger partial charge in [0.05, 0.1) is 24.2 Å². The third-order valence-electron chi connectivity index (χ3n) is 7.33. The Morgan fingerprint density at radius 3 is 2.53 bits per heavy atom. The maximum Gasteiger partial charge on any atom is 0.268 e. The number of amides is 1. The number of hydrogen-bond acceptors (Lipinski definition) is 7. The van der Waals surface area contributed by atoms with Crippen LogP contribution in [0, 0.1) is 0 Å². The molecule has 3 heterocycles. The van der Waals surface area contributed by atoms with Crippen molar-refractivity contribution in [3.63, 3.8) is 0 Å². The van der Waals surface area contributed by atoms with Crippen molar-refractivity contribution < 1.29 is 22.3 Å². The largest absolute Gasteiger partial charge is 0.493 e. The predicted octanol–water partition coefficient (Wildman–Crippen LogP) is 2.94. The molecule has 0 radical (unpaired) electrons. The molecule has 2 unspecified atom stereocenters. The van der Waals surface area contributed by atoms with E-state index >= 15 is 0 Å². The number of rotatable bonds is 11. The number of piperazine rings is 1. The Morgan fingerprint density at radius 1 is 1.13 bits per heavy atom. The van der Waals surface area contributed by atoms with Crippen LogP contribution in [0.5, 0.6) is 5.75 Å². The first-order valence-corrected chi connectivity index (χ1v) is 16.1. The fourth-order valence-corrected chi connectivity index (χ4v) is 7.60. The molecule has 1 amide bonds. The summed E-state index contributed by atoms with van der Waals surface area (Å²) in [4.78, 5) is 19.8. The molecule has 212 valence electrons. The van der Waals surface area contributed by atoms with Gasteiger partial charge in [0.25, 0.3) is 5.91 Å². The van der Waals surface area contributed by atoms with Gasteiger partial charge in [-0.1, -0.05) is 13.8 Å². The van der Waals surface area contributed by atoms with Crippen LogP contribution in [-0.4, -0.2) is 104 Å². The molecule has 0 bridgehead atoms. The first-order valence-electron chi connectivity index (χ1n) is 13.4. The number of carbonyl (C=O) groups excluding carboxylic acids is 1. The van der Waals surface area contributed by atoms with Crippen molar-refractivity contribution in [2.75, 3.05) is 66.1 Å². The lowest BCUT2D eigenvalue weighted by atomic mass is 9.97. The second-order valence-electron chi connectivity index (χ2n) is 10.0. The zero-order chi connectivity index (χ0) is 27.4. The van der Waals surface area contributed by atoms with Crippen molar-refractivity contribution in [2.24, 2.45) is 0 Å². The average Bonchev–Trinajstić information content (AvgIpc) is 3.25. The number of alkyl halides is 2. The van der Waals surface area contributed by atoms with Gasteiger partial charge in [-0.25, -0.2) is 8.42 Å². The Hall–Kier alpha value is -1.48. The zero-order valence-electron chi connectivity index (χ0n) is 22.5. The van der Waals surface area contributed by atoms with Gasteiger partial charge in [0.1, 0.15) is 15.6 Å². The Morgan fingerprint density at radius 2 is 1.87 bits per heavy atom. The molecule has 2 atom stereocenters. The molecular formula is C26H39FIN5O4S. The molecular weight excluding hydrogens is 624 g/mol. The summed E-state index contributed by atoms with van der Waals surface area (Å²) in [6.07, 6.45) is 2.26. The maximum atomic E-state index is 13.7. The number of hydrogen-bond donors (Lipinski definition) is 1. The van der Waals surface area contributed by atoms with E-state index < -0.39 is 16.1 Å². The van der Waals surface area contributed by atoms with Crippen LogP contribution in [-0.2, 0) is 14.8 Å². The Labute approximate surface area is 239 Å². The molecule has 1 N–H and O–H groups in total. The SMILES string of the molecule is CCCOc1ccc(S(=O)(=O)N2CCN(CCCF)CC2)cc1C1NC(=O)C2=C1CN(CCC)C(I)N2C. The molecule has 1 aromatic rings. The van der Waals surface area contributed by atoms with Crippen molar-refractivity contribution in [3.05, 3.63) is 35.0 Å². The molecule has 1 saturated heterocycles. The molecule has 1 fully saturated rings. The van der Waals surface area contributed by atoms with Gasteiger partial charge in [0, 0.05) is 58.4 Å². The van der Waals surface area contributed by atoms with Gasteiger partial charge in [0.15, 0.2) is 0 Å². The summed E-state index contributed by atoms with van der Waals surface area (Å²) in [6, 6.07) is 4.53. The van der Waals surface area contributed by atoms with E-state index in [9.17, 15) is 17.6 Å². The fourth-order valence-electron chi connectivity index (χ4n) is 5.39. The Kier molecular flexibility index (Phi) is 9.93. The topological polar surface area (TPSA) is 85.4 Å². The second-order valence-corrected chi connectivity index (χ2v) is 13.1. The first kappa shape index (κ1) is 29.5. The van der Waals surface area contributed by atoms with E-state index in [1.165, 1.54) is 4.31 Å². The van der Waals surface area contributed by atoms with Gasteiger partial charge in [-0.15, -0.1) is 0 Å². The Balaban J connectivity index is 1.66. The minimum atomic E-state index is -3.75. The molecule has 0 aromatic heterocycles. The average molecular weight is 664 g/mol. The van der Waals surface area contributed by atoms with Crippen molar-refractivity contribution >= 4 is 38.5 Å². The number of ether oxygens (including phenoxy) is 1. The van der Waals surface area contributed by atoms with Crippen molar-refractivity contribution in [3.8, 4) is 5.75 Å². The number of benzene rings is 1. The summed E-state index contributed by atoms with van der Waals surface area (Å²) in [6.45, 7) is 8.30. The van der Waals surface area contributed by atoms with Crippen LogP contribution in [0.2, 0.25) is 0 Å². The van der Waals surface area contributed by atoms with Gasteiger partial charge >= 0.3 is 0 Å². The molecule has 38 heavy (non-hydrogen) atoms. The molecule has 0 spiro atoms. The van der Waals surface area contributed by atoms with E-state index in [-0.39, 0.29) is 21.6 Å². The molecule has 3 aliphatic rings. The molecule has 1 aromatic carbocycles. The normalized spacial score (nSPS) is 23.6. The maximum absolute atomic E-state index is 13.7. The number of halogens is 2. The quantitative estimate of drug-likeness (QED) is 0.222. The van der Waals surface area contributed by atoms with Crippen LogP contribution in [0.3, 0.4) is 0 Å². The van der Waals surface area contributed by atoms with E-state index in [0.717, 1.165) is 25.0 Å². The third-order valence-corrected chi connectivity index (χ3v) is 10.8. The predicted molar refractivity (Wildman–Crippen MR) is 153 cm³/mol. The van der Waals surface area contributed by atoms with Crippen LogP contribution in [0.1, 0.15) is 44.7 Å². The van der Waals surface area contributed by atoms with Gasteiger partial charge in [-0.3, -0.25) is 14.1 Å². The lowest BCUT2D eigenvalue weighted by Crippen LogP contribution is -2.48. The molecule has 9 nitrogen and oxygen atoms in total. The van der Waals surface area contributed by atoms with E-state index in [4.69, 9.17) is 4.74 Å². The van der Waals surface area contributed by atoms with Crippen LogP contribution in [0.4, 0.5) is 4.39 Å². The first-order chi connectivity index (χ1) is 18.2. The summed E-state index contributed by atoms with van der Waals surface area (Å²) >= 11 is 2.36. The highest BCUT2D eigenvalue weighted by atomic mass is 127. The van der Waals surface area contributed by atoms with E-state index in [1.54, 1.807) is 18.2 Å². The fraction of sp³-hybridized carbons (Fsp3) is 0.654. The van der Waals surface area contributed by atoms with Crippen LogP contribution in [0.25, 0.3) is 0 Å². The second kappa shape index (κ2) is 12.8. The number of likely N-dealkylation sites (N-methyl/N-ethyl adjacent to an activating group) is 1. The van der Waals surface area contributed by atoms with Crippen LogP contribution in [0.15, 0.2) is 34.4 Å². The highest BCUT2D eigenvalue weighted by Crippen LogP contribution is 2.41. The lowest BCUT2D eigenvalue weighted by molar-refractivity contribution is -0.118. The number of sulfonamides is 1. The molecule has 0 aliphatic carbocycles. The standard InChI is InChI=1S/C26H39FIN5O4S/c1-4-10-32-18-21-23(29-25(34)24(21)30(3)26(32)28)20-17-19(7-8-22(20)37-16-5-2)38(35,36)33-14-12-31(13-15-33)11-6-9-27/h7-8,17,23,26H,4-6,9-16,18H2,1-3H3,(H,29,34). The third kappa shape index (κ3) is 5.98. The molecule has 12 heteroatoms. The minimum absolute atomic E-state index is 0.0573. The van der Waals surface area contributed by atoms with Crippen LogP contribution >= 0.6 is 22.6 Å². The van der Waals surface area contributed by atoms with Crippen molar-refractivity contribution in [1.82, 2.24) is 24.3 Å². The summed E-state index contributed by atoms with van der Waals surface area (Å²) in [5.74, 6) is 0.437. The summed E-state index contributed by atoms with van der Waals surface area (Å²) in [5, 5.41) is 3.12. The minimum Gasteiger partial charge on any atom is -0.493 e. The molecule has 4 rings (SSSR count). The summed E-state index contributed by atoms with van der Waals surface area (Å²) < 4.78 is 47.5. The van der Waals surface area contributed by atoms with Crippen LogP contribution < -0.4 is 10.1 Å². The Bertz CT molecular complexity index is 1140. The van der Waals surface area contributed by atoms with Gasteiger partial charge in [0.2, 0.25) is 10.0 Å². The van der Waals surface area contributed by atoms with Gasteiger partial charge in [-0.2, -0.15) is 4.31 Å². The molecule has 3 aliphatic heterocycles. The van der Waals surface area contributed by atoms with Crippen molar-refractivity contribution in [2.45, 2.75) is 48.2 Å². The number of carbonyl (C=O) groups is 1. The monoisotopic (exact) mass is 663 g/mol. The number of nitrogens with one attached hydrogen (secondary N) is 1. The van der Waals surface area contributed by atoms with Gasteiger partial charge in [-0.05, 0) is 65.6 Å². The highest BCUT2D eigenvalue weighted by Gasteiger charge is 2.43. The summed E-state index contributed by atoms with van der Waals surface area (Å²) in [7, 11) is -1.82. The zero-order valence-corrected chi connectivity index (χ0v) is 25.4. The van der Waals surface area contributed by atoms with E-state index in [2.05, 4.69) is 44.6 Å². The molecule has 0 saturated carbocycles. The smallest absolute Gasteiger partial charge is 0.268 e. The van der Waals surface area contributed by atoms with E-state index in [1.807, 2.05) is 18.9 Å². The highest BCUT2D eigenvalue weighted by molar-refractivity contribution is 14.1. The summed E-state index contributed by atoms with van der Waals surface area (Å²) in [5.41, 5.74) is 2.26. The van der Waals surface area contributed by atoms with Gasteiger partial charge < -0.3 is 19.9 Å². The van der Waals surface area contributed by atoms with E-state index in [0.29, 0.717) is 69.3 Å². The lowest BCUT2D eigenvalue weighted by Gasteiger charge is -2.40.